The molecule has 0 aliphatic heterocycles. The quantitative estimate of drug-likeness (QED) is 0.336. The Bertz CT molecular complexity index is 1650. The summed E-state index contributed by atoms with van der Waals surface area (Å²) in [5.41, 5.74) is 15.4. The van der Waals surface area contributed by atoms with Gasteiger partial charge in [0, 0.05) is 0 Å². The van der Waals surface area contributed by atoms with Crippen LogP contribution < -0.4 is 5.46 Å². The summed E-state index contributed by atoms with van der Waals surface area (Å²) in [5.74, 6) is 0. The molecule has 2 nitrogen and oxygen atoms in total. The molecule has 5 aromatic rings. The van der Waals surface area contributed by atoms with Crippen LogP contribution >= 0.6 is 0 Å². The number of benzene rings is 5. The molecule has 35 heavy (non-hydrogen) atoms. The van der Waals surface area contributed by atoms with E-state index in [4.69, 9.17) is 0 Å². The molecule has 0 heterocycles. The molecule has 0 saturated heterocycles. The number of hydrogen-bond acceptors (Lipinski definition) is 2. The van der Waals surface area contributed by atoms with E-state index in [1.165, 1.54) is 55.6 Å². The first-order chi connectivity index (χ1) is 17.2. The van der Waals surface area contributed by atoms with Crippen LogP contribution in [0.3, 0.4) is 0 Å². The zero-order valence-electron chi connectivity index (χ0n) is 19.0. The second kappa shape index (κ2) is 6.60. The summed E-state index contributed by atoms with van der Waals surface area (Å²) in [6.07, 6.45) is 0.696. The van der Waals surface area contributed by atoms with Gasteiger partial charge in [0.2, 0.25) is 0 Å². The Morgan fingerprint density at radius 2 is 0.971 bits per heavy atom. The molecule has 3 aliphatic carbocycles. The molecule has 8 rings (SSSR count). The van der Waals surface area contributed by atoms with E-state index in [0.717, 1.165) is 11.1 Å². The first-order valence-corrected chi connectivity index (χ1v) is 12.1. The van der Waals surface area contributed by atoms with Gasteiger partial charge in [0.05, 0.1) is 5.41 Å². The van der Waals surface area contributed by atoms with Crippen LogP contribution in [-0.4, -0.2) is 17.2 Å². The van der Waals surface area contributed by atoms with Crippen molar-refractivity contribution < 1.29 is 10.0 Å². The first kappa shape index (κ1) is 19.4. The molecule has 2 N–H and O–H groups in total. The van der Waals surface area contributed by atoms with E-state index in [0.29, 0.717) is 11.9 Å². The highest BCUT2D eigenvalue weighted by Crippen LogP contribution is 2.64. The van der Waals surface area contributed by atoms with Crippen LogP contribution in [0.1, 0.15) is 33.4 Å². The van der Waals surface area contributed by atoms with Crippen molar-refractivity contribution in [3.8, 4) is 33.4 Å². The van der Waals surface area contributed by atoms with Gasteiger partial charge in [-0.3, -0.25) is 0 Å². The summed E-state index contributed by atoms with van der Waals surface area (Å²) >= 11 is 0. The Morgan fingerprint density at radius 1 is 0.486 bits per heavy atom. The molecule has 3 heteroatoms. The number of hydrogen-bond donors (Lipinski definition) is 2. The van der Waals surface area contributed by atoms with Crippen molar-refractivity contribution in [3.63, 3.8) is 0 Å². The van der Waals surface area contributed by atoms with Gasteiger partial charge in [0.1, 0.15) is 0 Å². The summed E-state index contributed by atoms with van der Waals surface area (Å²) in [4.78, 5) is 0. The van der Waals surface area contributed by atoms with Crippen LogP contribution in [0.2, 0.25) is 0 Å². The van der Waals surface area contributed by atoms with Gasteiger partial charge in [-0.2, -0.15) is 0 Å². The van der Waals surface area contributed by atoms with E-state index >= 15 is 0 Å². The average molecular weight is 448 g/mol. The molecule has 164 valence electrons. The molecule has 0 aromatic heterocycles. The summed E-state index contributed by atoms with van der Waals surface area (Å²) in [7, 11) is -1.48. The molecule has 1 spiro atoms. The minimum absolute atomic E-state index is 0.384. The Kier molecular flexibility index (Phi) is 3.66. The number of rotatable bonds is 1. The lowest BCUT2D eigenvalue weighted by molar-refractivity contribution is 0.425. The van der Waals surface area contributed by atoms with Crippen LogP contribution in [0.25, 0.3) is 33.4 Å². The minimum atomic E-state index is -1.48. The highest BCUT2D eigenvalue weighted by atomic mass is 16.4. The van der Waals surface area contributed by atoms with Crippen molar-refractivity contribution in [2.24, 2.45) is 0 Å². The van der Waals surface area contributed by atoms with Gasteiger partial charge in [-0.1, -0.05) is 103 Å². The molecule has 0 amide bonds. The standard InChI is InChI=1S/C32H21BO2/c34-33(35)30-15-7-11-19-20-16-17-24-23-10-3-6-14-29(23)32(31(24)26(20)18-25(19)30)27-12-4-1-8-21(27)22-9-2-5-13-28(22)32/h1-17,34-35H,18H2. The number of fused-ring (bicyclic) bond motifs is 14. The molecular weight excluding hydrogens is 427 g/mol. The van der Waals surface area contributed by atoms with Crippen molar-refractivity contribution in [2.45, 2.75) is 11.8 Å². The van der Waals surface area contributed by atoms with Gasteiger partial charge in [-0.15, -0.1) is 0 Å². The Hall–Kier alpha value is -3.92. The molecule has 0 saturated carbocycles. The second-order valence-electron chi connectivity index (χ2n) is 9.82. The van der Waals surface area contributed by atoms with Crippen LogP contribution in [0.4, 0.5) is 0 Å². The SMILES string of the molecule is OB(O)c1cccc2c1Cc1c-2ccc2c1C1(c3ccccc3-c3ccccc31)c1ccccc1-2. The van der Waals surface area contributed by atoms with E-state index in [1.54, 1.807) is 0 Å². The van der Waals surface area contributed by atoms with Crippen LogP contribution in [0, 0.1) is 0 Å². The van der Waals surface area contributed by atoms with Crippen molar-refractivity contribution in [3.05, 3.63) is 137 Å². The lowest BCUT2D eigenvalue weighted by Crippen LogP contribution is -2.33. The largest absolute Gasteiger partial charge is 0.488 e. The fourth-order valence-electron chi connectivity index (χ4n) is 7.18. The zero-order chi connectivity index (χ0) is 23.3. The van der Waals surface area contributed by atoms with Crippen molar-refractivity contribution in [1.29, 1.82) is 0 Å². The van der Waals surface area contributed by atoms with Crippen LogP contribution in [0.15, 0.2) is 103 Å². The maximum atomic E-state index is 10.1. The van der Waals surface area contributed by atoms with Gasteiger partial charge >= 0.3 is 7.12 Å². The predicted octanol–water partition coefficient (Wildman–Crippen LogP) is 5.28. The average Bonchev–Trinajstić information content (AvgIpc) is 3.52. The molecule has 3 aliphatic rings. The smallest absolute Gasteiger partial charge is 0.423 e. The molecule has 5 aromatic carbocycles. The van der Waals surface area contributed by atoms with Gasteiger partial charge in [-0.25, -0.2) is 0 Å². The van der Waals surface area contributed by atoms with E-state index in [1.807, 2.05) is 12.1 Å². The van der Waals surface area contributed by atoms with Gasteiger partial charge in [0.25, 0.3) is 0 Å². The normalized spacial score (nSPS) is 14.7. The third kappa shape index (κ3) is 2.19. The summed E-state index contributed by atoms with van der Waals surface area (Å²) in [6.45, 7) is 0. The van der Waals surface area contributed by atoms with E-state index in [-0.39, 0.29) is 5.41 Å². The maximum absolute atomic E-state index is 10.1. The Balaban J connectivity index is 1.54. The van der Waals surface area contributed by atoms with Crippen LogP contribution in [-0.2, 0) is 11.8 Å². The second-order valence-corrected chi connectivity index (χ2v) is 9.82. The topological polar surface area (TPSA) is 40.5 Å². The van der Waals surface area contributed by atoms with Crippen LogP contribution in [0.5, 0.6) is 0 Å². The monoisotopic (exact) mass is 448 g/mol. The van der Waals surface area contributed by atoms with Gasteiger partial charge in [-0.05, 0) is 78.6 Å². The van der Waals surface area contributed by atoms with Crippen molar-refractivity contribution in [2.75, 3.05) is 0 Å². The fraction of sp³-hybridized carbons (Fsp3) is 0.0625. The molecule has 0 radical (unpaired) electrons. The fourth-order valence-corrected chi connectivity index (χ4v) is 7.18. The minimum Gasteiger partial charge on any atom is -0.423 e. The predicted molar refractivity (Wildman–Crippen MR) is 141 cm³/mol. The summed E-state index contributed by atoms with van der Waals surface area (Å²) in [5, 5.41) is 20.2. The van der Waals surface area contributed by atoms with E-state index in [9.17, 15) is 10.0 Å². The zero-order valence-corrected chi connectivity index (χ0v) is 19.0. The molecule has 0 unspecified atom stereocenters. The Labute approximate surface area is 204 Å². The lowest BCUT2D eigenvalue weighted by Gasteiger charge is -2.32. The molecule has 0 bridgehead atoms. The third-order valence-electron chi connectivity index (χ3n) is 8.40. The third-order valence-corrected chi connectivity index (χ3v) is 8.40. The maximum Gasteiger partial charge on any atom is 0.488 e. The van der Waals surface area contributed by atoms with Gasteiger partial charge < -0.3 is 10.0 Å². The molecule has 0 atom stereocenters. The first-order valence-electron chi connectivity index (χ1n) is 12.1. The van der Waals surface area contributed by atoms with Crippen molar-refractivity contribution in [1.82, 2.24) is 0 Å². The summed E-state index contributed by atoms with van der Waals surface area (Å²) in [6, 6.07) is 36.9. The van der Waals surface area contributed by atoms with Crippen molar-refractivity contribution >= 4 is 12.6 Å². The van der Waals surface area contributed by atoms with E-state index < -0.39 is 7.12 Å². The van der Waals surface area contributed by atoms with Gasteiger partial charge in [0.15, 0.2) is 0 Å². The van der Waals surface area contributed by atoms with E-state index in [2.05, 4.69) is 91.0 Å². The Morgan fingerprint density at radius 3 is 1.57 bits per heavy atom. The highest BCUT2D eigenvalue weighted by Gasteiger charge is 2.53. The highest BCUT2D eigenvalue weighted by molar-refractivity contribution is 6.59. The molecular formula is C32H21BO2. The summed E-state index contributed by atoms with van der Waals surface area (Å²) < 4.78 is 0. The lowest BCUT2D eigenvalue weighted by atomic mass is 9.68. The molecule has 0 fully saturated rings.